The van der Waals surface area contributed by atoms with Crippen molar-refractivity contribution in [1.82, 2.24) is 5.32 Å². The average Bonchev–Trinajstić information content (AvgIpc) is 2.92. The molecular formula is C29H23ClF3NO7. The summed E-state index contributed by atoms with van der Waals surface area (Å²) in [5, 5.41) is 2.51. The van der Waals surface area contributed by atoms with Crippen LogP contribution in [0.3, 0.4) is 0 Å². The van der Waals surface area contributed by atoms with E-state index < -0.39 is 52.7 Å². The maximum absolute atomic E-state index is 13.8. The Morgan fingerprint density at radius 1 is 0.976 bits per heavy atom. The van der Waals surface area contributed by atoms with Gasteiger partial charge in [0.2, 0.25) is 11.2 Å². The largest absolute Gasteiger partial charge is 0.453 e. The molecule has 4 rings (SSSR count). The maximum atomic E-state index is 13.8. The van der Waals surface area contributed by atoms with Gasteiger partial charge in [0.15, 0.2) is 0 Å². The number of esters is 1. The number of rotatable bonds is 8. The van der Waals surface area contributed by atoms with Crippen LogP contribution < -0.4 is 20.2 Å². The molecular weight excluding hydrogens is 567 g/mol. The smallest absolute Gasteiger partial charge is 0.449 e. The molecule has 1 N–H and O–H groups in total. The molecule has 0 fully saturated rings. The predicted octanol–water partition coefficient (Wildman–Crippen LogP) is 7.11. The van der Waals surface area contributed by atoms with E-state index in [-0.39, 0.29) is 23.5 Å². The van der Waals surface area contributed by atoms with Gasteiger partial charge in [0.1, 0.15) is 29.7 Å². The highest BCUT2D eigenvalue weighted by Gasteiger charge is 2.40. The van der Waals surface area contributed by atoms with E-state index in [2.05, 4.69) is 5.32 Å². The third-order valence-electron chi connectivity index (χ3n) is 5.74. The molecule has 8 nitrogen and oxygen atoms in total. The summed E-state index contributed by atoms with van der Waals surface area (Å²) >= 11 is 5.80. The van der Waals surface area contributed by atoms with Crippen LogP contribution in [0.1, 0.15) is 25.2 Å². The second kappa shape index (κ2) is 12.3. The highest BCUT2D eigenvalue weighted by Crippen LogP contribution is 2.38. The van der Waals surface area contributed by atoms with E-state index in [4.69, 9.17) is 30.2 Å². The normalized spacial score (nSPS) is 12.2. The van der Waals surface area contributed by atoms with Gasteiger partial charge in [0.05, 0.1) is 5.39 Å². The van der Waals surface area contributed by atoms with Crippen molar-refractivity contribution in [2.75, 3.05) is 0 Å². The van der Waals surface area contributed by atoms with Crippen molar-refractivity contribution in [2.24, 2.45) is 5.92 Å². The monoisotopic (exact) mass is 589 g/mol. The zero-order valence-electron chi connectivity index (χ0n) is 21.7. The summed E-state index contributed by atoms with van der Waals surface area (Å²) in [6.45, 7) is 3.28. The van der Waals surface area contributed by atoms with E-state index in [1.807, 2.05) is 6.07 Å². The van der Waals surface area contributed by atoms with Crippen molar-refractivity contribution in [3.05, 3.63) is 99.4 Å². The Morgan fingerprint density at radius 3 is 2.27 bits per heavy atom. The molecule has 0 aliphatic heterocycles. The molecule has 0 radical (unpaired) electrons. The van der Waals surface area contributed by atoms with Crippen molar-refractivity contribution in [2.45, 2.75) is 32.7 Å². The molecule has 214 valence electrons. The van der Waals surface area contributed by atoms with E-state index in [0.29, 0.717) is 5.02 Å². The molecule has 1 unspecified atom stereocenters. The second-order valence-electron chi connectivity index (χ2n) is 9.15. The average molecular weight is 590 g/mol. The van der Waals surface area contributed by atoms with Crippen LogP contribution in [0.2, 0.25) is 5.02 Å². The minimum absolute atomic E-state index is 0.0263. The van der Waals surface area contributed by atoms with Crippen molar-refractivity contribution < 1.29 is 41.4 Å². The highest BCUT2D eigenvalue weighted by atomic mass is 35.5. The highest BCUT2D eigenvalue weighted by molar-refractivity contribution is 6.30. The van der Waals surface area contributed by atoms with Gasteiger partial charge >= 0.3 is 18.2 Å². The van der Waals surface area contributed by atoms with E-state index in [1.54, 1.807) is 38.1 Å². The van der Waals surface area contributed by atoms with E-state index in [0.717, 1.165) is 17.7 Å². The summed E-state index contributed by atoms with van der Waals surface area (Å²) in [5.74, 6) is -4.35. The van der Waals surface area contributed by atoms with Crippen LogP contribution in [0.25, 0.3) is 11.0 Å². The van der Waals surface area contributed by atoms with Gasteiger partial charge in [0, 0.05) is 11.1 Å². The second-order valence-corrected chi connectivity index (χ2v) is 9.59. The Balaban J connectivity index is 1.56. The van der Waals surface area contributed by atoms with Gasteiger partial charge < -0.3 is 23.9 Å². The lowest BCUT2D eigenvalue weighted by atomic mass is 10.1. The number of amides is 1. The van der Waals surface area contributed by atoms with E-state index in [1.165, 1.54) is 30.3 Å². The summed E-state index contributed by atoms with van der Waals surface area (Å²) < 4.78 is 62.3. The molecule has 0 spiro atoms. The molecule has 0 saturated heterocycles. The molecule has 0 bridgehead atoms. The van der Waals surface area contributed by atoms with Gasteiger partial charge in [0.25, 0.3) is 5.76 Å². The first-order valence-electron chi connectivity index (χ1n) is 12.2. The number of carbonyl (C=O) groups is 2. The summed E-state index contributed by atoms with van der Waals surface area (Å²) in [5.41, 5.74) is -0.842. The van der Waals surface area contributed by atoms with E-state index in [9.17, 15) is 27.6 Å². The molecule has 0 saturated carbocycles. The molecule has 1 atom stereocenters. The summed E-state index contributed by atoms with van der Waals surface area (Å²) in [7, 11) is 0. The van der Waals surface area contributed by atoms with Crippen LogP contribution in [0.4, 0.5) is 18.0 Å². The lowest BCUT2D eigenvalue weighted by Crippen LogP contribution is -2.46. The molecule has 41 heavy (non-hydrogen) atoms. The van der Waals surface area contributed by atoms with Gasteiger partial charge in [-0.15, -0.1) is 0 Å². The van der Waals surface area contributed by atoms with Gasteiger partial charge in [-0.1, -0.05) is 55.8 Å². The molecule has 3 aromatic carbocycles. The van der Waals surface area contributed by atoms with Crippen molar-refractivity contribution >= 4 is 34.6 Å². The van der Waals surface area contributed by atoms with Gasteiger partial charge in [-0.05, 0) is 47.9 Å². The quantitative estimate of drug-likeness (QED) is 0.172. The Bertz CT molecular complexity index is 1600. The molecule has 0 aliphatic rings. The number of benzene rings is 3. The first-order valence-corrected chi connectivity index (χ1v) is 12.6. The fourth-order valence-corrected chi connectivity index (χ4v) is 3.81. The fourth-order valence-electron chi connectivity index (χ4n) is 3.69. The lowest BCUT2D eigenvalue weighted by Gasteiger charge is -2.20. The SMILES string of the molecule is CC(C)C(NC(=O)OCc1ccccc1)C(=O)Oc1ccc2c(=O)c(Oc3ccc(Cl)cc3)c(C(F)(F)F)oc2c1. The molecule has 1 amide bonds. The van der Waals surface area contributed by atoms with Crippen LogP contribution >= 0.6 is 11.6 Å². The minimum Gasteiger partial charge on any atom is -0.449 e. The Labute approximate surface area is 236 Å². The van der Waals surface area contributed by atoms with Crippen LogP contribution in [-0.4, -0.2) is 18.1 Å². The summed E-state index contributed by atoms with van der Waals surface area (Å²) in [6.07, 6.45) is -5.95. The van der Waals surface area contributed by atoms with Crippen molar-refractivity contribution in [1.29, 1.82) is 0 Å². The molecule has 4 aromatic rings. The molecule has 1 heterocycles. The lowest BCUT2D eigenvalue weighted by molar-refractivity contribution is -0.154. The Morgan fingerprint density at radius 2 is 1.63 bits per heavy atom. The maximum Gasteiger partial charge on any atom is 0.453 e. The number of hydrogen-bond donors (Lipinski definition) is 1. The Hall–Kier alpha value is -4.51. The van der Waals surface area contributed by atoms with Crippen LogP contribution in [0, 0.1) is 5.92 Å². The summed E-state index contributed by atoms with van der Waals surface area (Å²) in [4.78, 5) is 38.2. The number of fused-ring (bicyclic) bond motifs is 1. The molecule has 0 aliphatic carbocycles. The van der Waals surface area contributed by atoms with Crippen molar-refractivity contribution in [3.63, 3.8) is 0 Å². The third kappa shape index (κ3) is 7.37. The first-order chi connectivity index (χ1) is 19.4. The van der Waals surface area contributed by atoms with Gasteiger partial charge in [-0.2, -0.15) is 13.2 Å². The zero-order valence-corrected chi connectivity index (χ0v) is 22.4. The number of halogens is 4. The standard InChI is InChI=1S/C29H23ClF3NO7/c1-16(2)23(34-28(37)38-15-17-6-4-3-5-7-17)27(36)40-20-12-13-21-22(14-20)41-26(29(31,32)33)25(24(21)35)39-19-10-8-18(30)9-11-19/h3-14,16,23H,15H2,1-2H3,(H,34,37). The fraction of sp³-hybridized carbons (Fsp3) is 0.207. The van der Waals surface area contributed by atoms with Gasteiger partial charge in [-0.25, -0.2) is 9.59 Å². The van der Waals surface area contributed by atoms with Crippen LogP contribution in [-0.2, 0) is 22.3 Å². The number of alkyl halides is 3. The number of alkyl carbamates (subject to hydrolysis) is 1. The minimum atomic E-state index is -5.09. The van der Waals surface area contributed by atoms with Crippen molar-refractivity contribution in [3.8, 4) is 17.2 Å². The van der Waals surface area contributed by atoms with Crippen LogP contribution in [0.5, 0.6) is 17.2 Å². The predicted molar refractivity (Wildman–Crippen MR) is 143 cm³/mol. The number of ether oxygens (including phenoxy) is 3. The molecule has 1 aromatic heterocycles. The Kier molecular flexibility index (Phi) is 8.87. The number of nitrogens with one attached hydrogen (secondary N) is 1. The van der Waals surface area contributed by atoms with Gasteiger partial charge in [-0.3, -0.25) is 4.79 Å². The number of carbonyl (C=O) groups excluding carboxylic acids is 2. The zero-order chi connectivity index (χ0) is 29.7. The van der Waals surface area contributed by atoms with Crippen LogP contribution in [0.15, 0.2) is 82.0 Å². The summed E-state index contributed by atoms with van der Waals surface area (Å²) in [6, 6.07) is 16.4. The first kappa shape index (κ1) is 29.5. The van der Waals surface area contributed by atoms with E-state index >= 15 is 0 Å². The third-order valence-corrected chi connectivity index (χ3v) is 5.99. The molecule has 12 heteroatoms. The number of hydrogen-bond acceptors (Lipinski definition) is 7. The topological polar surface area (TPSA) is 104 Å².